The van der Waals surface area contributed by atoms with Gasteiger partial charge < -0.3 is 10.1 Å². The third kappa shape index (κ3) is 11.8. The number of anilines is 2. The lowest BCUT2D eigenvalue weighted by atomic mass is 9.99. The van der Waals surface area contributed by atoms with Crippen LogP contribution in [0.5, 0.6) is 0 Å². The average molecular weight is 976 g/mol. The Morgan fingerprint density at radius 1 is 0.908 bits per heavy atom. The zero-order valence-corrected chi connectivity index (χ0v) is 39.1. The maximum Gasteiger partial charge on any atom is 0.501 e. The Kier molecular flexibility index (Phi) is 15.3. The van der Waals surface area contributed by atoms with Crippen molar-refractivity contribution in [2.24, 2.45) is 0 Å². The van der Waals surface area contributed by atoms with Crippen molar-refractivity contribution in [1.29, 1.82) is 0 Å². The number of rotatable bonds is 16. The van der Waals surface area contributed by atoms with Crippen molar-refractivity contribution < 1.29 is 34.7 Å². The van der Waals surface area contributed by atoms with Gasteiger partial charge >= 0.3 is 5.51 Å². The normalized spacial score (nSPS) is 19.9. The van der Waals surface area contributed by atoms with Crippen molar-refractivity contribution in [3.05, 3.63) is 106 Å². The topological polar surface area (TPSA) is 142 Å². The molecule has 1 aromatic heterocycles. The highest BCUT2D eigenvalue weighted by molar-refractivity contribution is 8.03. The number of hydrogen-bond donors (Lipinski definition) is 2. The van der Waals surface area contributed by atoms with Gasteiger partial charge in [0.1, 0.15) is 10.7 Å². The van der Waals surface area contributed by atoms with Crippen LogP contribution in [0.4, 0.5) is 24.8 Å². The van der Waals surface area contributed by atoms with Gasteiger partial charge in [-0.15, -0.1) is 22.0 Å². The number of nitrogens with one attached hydrogen (secondary N) is 2. The molecule has 0 radical (unpaired) electrons. The molecule has 0 saturated carbocycles. The van der Waals surface area contributed by atoms with Crippen LogP contribution in [0.2, 0.25) is 5.02 Å². The van der Waals surface area contributed by atoms with E-state index in [-0.39, 0.29) is 17.7 Å². The van der Waals surface area contributed by atoms with E-state index in [2.05, 4.69) is 59.2 Å². The maximum absolute atomic E-state index is 14.3. The number of fused-ring (bicyclic) bond motifs is 1. The van der Waals surface area contributed by atoms with Crippen molar-refractivity contribution >= 4 is 54.9 Å². The van der Waals surface area contributed by atoms with Gasteiger partial charge in [0.25, 0.3) is 19.9 Å². The molecule has 2 unspecified atom stereocenters. The van der Waals surface area contributed by atoms with Gasteiger partial charge in [0.05, 0.1) is 30.3 Å². The first-order valence-electron chi connectivity index (χ1n) is 22.0. The summed E-state index contributed by atoms with van der Waals surface area (Å²) in [7, 11) is -10.6. The second-order valence-electron chi connectivity index (χ2n) is 16.8. The van der Waals surface area contributed by atoms with E-state index < -0.39 is 41.2 Å². The number of benzene rings is 3. The molecule has 1 aliphatic carbocycles. The highest BCUT2D eigenvalue weighted by Gasteiger charge is 2.48. The lowest BCUT2D eigenvalue weighted by Gasteiger charge is -2.34. The fourth-order valence-corrected chi connectivity index (χ4v) is 12.1. The van der Waals surface area contributed by atoms with E-state index in [4.69, 9.17) is 16.3 Å². The van der Waals surface area contributed by atoms with Gasteiger partial charge in [-0.1, -0.05) is 66.2 Å². The largest absolute Gasteiger partial charge is 0.501 e. The minimum atomic E-state index is -5.99. The second-order valence-corrected chi connectivity index (χ2v) is 22.0. The number of halogens is 4. The van der Waals surface area contributed by atoms with Crippen molar-refractivity contribution in [2.45, 2.75) is 85.5 Å². The van der Waals surface area contributed by atoms with Crippen LogP contribution in [0, 0.1) is 0 Å². The number of nitrogens with zero attached hydrogens (tertiary/aromatic N) is 6. The number of alkyl halides is 3. The first-order chi connectivity index (χ1) is 31.2. The summed E-state index contributed by atoms with van der Waals surface area (Å²) in [5.74, 6) is 0.903. The van der Waals surface area contributed by atoms with Gasteiger partial charge in [-0.2, -0.15) is 13.2 Å². The number of morpholine rings is 1. The van der Waals surface area contributed by atoms with Crippen LogP contribution in [-0.4, -0.2) is 122 Å². The minimum Gasteiger partial charge on any atom is -0.380 e. The summed E-state index contributed by atoms with van der Waals surface area (Å²) >= 11 is 7.72. The highest BCUT2D eigenvalue weighted by atomic mass is 35.5. The lowest BCUT2D eigenvalue weighted by molar-refractivity contribution is -0.0435. The Balaban J connectivity index is 0.942. The third-order valence-corrected chi connectivity index (χ3v) is 16.8. The molecule has 0 amide bonds. The van der Waals surface area contributed by atoms with E-state index in [1.807, 2.05) is 42.5 Å². The van der Waals surface area contributed by atoms with E-state index in [1.165, 1.54) is 11.1 Å². The molecule has 2 N–H and O–H groups in total. The zero-order chi connectivity index (χ0) is 45.6. The van der Waals surface area contributed by atoms with Crippen LogP contribution in [0.1, 0.15) is 49.9 Å². The molecular formula is C45H54ClF3N8O5S3. The monoisotopic (exact) mass is 974 g/mol. The smallest absolute Gasteiger partial charge is 0.380 e. The molecule has 0 spiro atoms. The van der Waals surface area contributed by atoms with E-state index in [1.54, 1.807) is 16.3 Å². The van der Waals surface area contributed by atoms with Crippen molar-refractivity contribution in [3.8, 4) is 11.1 Å². The Labute approximate surface area is 388 Å². The molecule has 3 aliphatic heterocycles. The predicted octanol–water partition coefficient (Wildman–Crippen LogP) is 8.03. The molecular weight excluding hydrogens is 921 g/mol. The molecule has 350 valence electrons. The molecule has 2 saturated heterocycles. The number of sulfonamides is 1. The minimum absolute atomic E-state index is 0.0967. The van der Waals surface area contributed by atoms with E-state index >= 15 is 0 Å². The number of likely N-dealkylation sites (tertiary alicyclic amines) is 1. The van der Waals surface area contributed by atoms with E-state index in [0.717, 1.165) is 74.3 Å². The quantitative estimate of drug-likeness (QED) is 0.112. The molecule has 65 heavy (non-hydrogen) atoms. The van der Waals surface area contributed by atoms with Crippen LogP contribution in [0.3, 0.4) is 0 Å². The fraction of sp³-hybridized carbons (Fsp3) is 0.467. The molecule has 20 heteroatoms. The lowest BCUT2D eigenvalue weighted by Crippen LogP contribution is -2.42. The van der Waals surface area contributed by atoms with Crippen LogP contribution in [0.25, 0.3) is 11.1 Å². The predicted molar refractivity (Wildman–Crippen MR) is 249 cm³/mol. The fourth-order valence-electron chi connectivity index (χ4n) is 8.84. The number of sulfone groups is 1. The highest BCUT2D eigenvalue weighted by Crippen LogP contribution is 2.38. The number of ether oxygens (including phenoxy) is 1. The molecule has 4 aromatic rings. The van der Waals surface area contributed by atoms with Gasteiger partial charge in [-0.25, -0.2) is 21.6 Å². The van der Waals surface area contributed by atoms with Crippen molar-refractivity contribution in [1.82, 2.24) is 29.5 Å². The zero-order valence-electron chi connectivity index (χ0n) is 35.9. The summed E-state index contributed by atoms with van der Waals surface area (Å²) in [6.45, 7) is 7.27. The average Bonchev–Trinajstić information content (AvgIpc) is 3.54. The van der Waals surface area contributed by atoms with Gasteiger partial charge in [0, 0.05) is 62.1 Å². The molecule has 13 nitrogen and oxygen atoms in total. The summed E-state index contributed by atoms with van der Waals surface area (Å²) in [4.78, 5) is 6.32. The molecule has 8 rings (SSSR count). The van der Waals surface area contributed by atoms with Gasteiger partial charge in [0.2, 0.25) is 5.95 Å². The summed E-state index contributed by atoms with van der Waals surface area (Å²) in [5, 5.41) is 12.2. The summed E-state index contributed by atoms with van der Waals surface area (Å²) < 4.78 is 106. The maximum atomic E-state index is 14.3. The van der Waals surface area contributed by atoms with Crippen molar-refractivity contribution in [2.75, 3.05) is 68.3 Å². The molecule has 3 aromatic carbocycles. The van der Waals surface area contributed by atoms with Gasteiger partial charge in [0.15, 0.2) is 0 Å². The van der Waals surface area contributed by atoms with Gasteiger partial charge in [-0.05, 0) is 104 Å². The molecule has 2 fully saturated rings. The number of aromatic nitrogens is 3. The SMILES string of the molecule is O=S(=O)(Nc1nnc2n1CCN(C1CCCN(Cc3ccccc3-c3ccc(Cl)cc3)CC1)C2)c1ccc(NC(CCN2CCOCC2)CSC2=CC=CCC2)c(S(=O)(=O)C(F)(F)F)c1. The Hall–Kier alpha value is -3.95. The van der Waals surface area contributed by atoms with Crippen molar-refractivity contribution in [3.63, 3.8) is 0 Å². The van der Waals surface area contributed by atoms with Gasteiger partial charge in [-0.3, -0.25) is 19.3 Å². The molecule has 4 heterocycles. The van der Waals surface area contributed by atoms with E-state index in [9.17, 15) is 30.0 Å². The molecule has 4 aliphatic rings. The Morgan fingerprint density at radius 2 is 1.71 bits per heavy atom. The van der Waals surface area contributed by atoms with Crippen LogP contribution in [-0.2, 0) is 44.2 Å². The molecule has 2 atom stereocenters. The number of thioether (sulfide) groups is 1. The first-order valence-corrected chi connectivity index (χ1v) is 26.3. The van der Waals surface area contributed by atoms with E-state index in [0.29, 0.717) is 81.6 Å². The van der Waals surface area contributed by atoms with Crippen LogP contribution in [0.15, 0.2) is 99.7 Å². The first kappa shape index (κ1) is 47.5. The Bertz CT molecular complexity index is 2570. The second kappa shape index (κ2) is 20.9. The number of allylic oxidation sites excluding steroid dienone is 4. The standard InChI is InChI=1S/C45H54ClF3N8O5S3/c46-35-14-12-33(13-15-35)40-11-5-4-7-34(40)30-55-20-6-8-37(19-22-55)56-23-24-57-43(31-56)51-52-44(57)53-65(60,61)39-16-17-41(42(29-39)64(58,59)45(47,48)49)50-36(18-21-54-25-27-62-28-26-54)32-63-38-9-2-1-3-10-38/h1-2,4-5,7,9,11-17,29,36-37,50H,3,6,8,10,18-28,30-32H2,(H,52,53). The summed E-state index contributed by atoms with van der Waals surface area (Å²) in [6.07, 6.45) is 11.2. The third-order valence-electron chi connectivity index (χ3n) is 12.4. The number of hydrogen-bond acceptors (Lipinski definition) is 12. The molecule has 0 bridgehead atoms. The van der Waals surface area contributed by atoms with Crippen LogP contribution < -0.4 is 10.0 Å². The summed E-state index contributed by atoms with van der Waals surface area (Å²) in [6, 6.07) is 18.9. The Morgan fingerprint density at radius 3 is 2.48 bits per heavy atom. The van der Waals surface area contributed by atoms with Crippen LogP contribution >= 0.6 is 23.4 Å². The summed E-state index contributed by atoms with van der Waals surface area (Å²) in [5.41, 5.74) is -2.46.